The minimum atomic E-state index is -0.264. The van der Waals surface area contributed by atoms with Crippen molar-refractivity contribution in [2.75, 3.05) is 36.1 Å². The molecule has 0 radical (unpaired) electrons. The predicted octanol–water partition coefficient (Wildman–Crippen LogP) is 1.76. The van der Waals surface area contributed by atoms with Gasteiger partial charge in [-0.1, -0.05) is 6.08 Å². The molecule has 1 aromatic heterocycles. The molecule has 2 aliphatic rings. The smallest absolute Gasteiger partial charge is 0.163 e. The Hall–Kier alpha value is -2.41. The summed E-state index contributed by atoms with van der Waals surface area (Å²) in [5, 5.41) is 8.60. The van der Waals surface area contributed by atoms with E-state index in [0.29, 0.717) is 38.3 Å². The molecule has 1 saturated heterocycles. The molecule has 4 rings (SSSR count). The molecule has 0 atom stereocenters. The molecule has 2 aromatic rings. The molecule has 1 fully saturated rings. The predicted molar refractivity (Wildman–Crippen MR) is 91.6 cm³/mol. The molecular formula is C17H20FN5O. The van der Waals surface area contributed by atoms with Crippen LogP contribution >= 0.6 is 0 Å². The number of piperidine rings is 1. The third-order valence-electron chi connectivity index (χ3n) is 4.66. The molecule has 7 heteroatoms. The van der Waals surface area contributed by atoms with Crippen LogP contribution in [0.15, 0.2) is 24.4 Å². The average Bonchev–Trinajstić information content (AvgIpc) is 2.92. The summed E-state index contributed by atoms with van der Waals surface area (Å²) >= 11 is 0. The molecule has 0 amide bonds. The van der Waals surface area contributed by atoms with Gasteiger partial charge >= 0.3 is 0 Å². The van der Waals surface area contributed by atoms with Crippen molar-refractivity contribution >= 4 is 28.2 Å². The summed E-state index contributed by atoms with van der Waals surface area (Å²) in [4.78, 5) is 15.3. The van der Waals surface area contributed by atoms with E-state index in [4.69, 9.17) is 0 Å². The fourth-order valence-corrected chi connectivity index (χ4v) is 3.35. The van der Waals surface area contributed by atoms with E-state index < -0.39 is 0 Å². The van der Waals surface area contributed by atoms with Crippen molar-refractivity contribution in [3.05, 3.63) is 30.2 Å². The number of anilines is 2. The quantitative estimate of drug-likeness (QED) is 0.910. The fourth-order valence-electron chi connectivity index (χ4n) is 3.35. The number of nitrogens with zero attached hydrogens (tertiary/aromatic N) is 4. The number of Topliss-reactive ketones (excluding diaryl/α,β-unsaturated/α-hetero) is 1. The van der Waals surface area contributed by atoms with Gasteiger partial charge in [0.15, 0.2) is 5.82 Å². The first-order valence-electron chi connectivity index (χ1n) is 8.20. The molecule has 0 spiro atoms. The Morgan fingerprint density at radius 2 is 2.04 bits per heavy atom. The monoisotopic (exact) mass is 329 g/mol. The molecule has 126 valence electrons. The van der Waals surface area contributed by atoms with E-state index in [0.717, 1.165) is 23.3 Å². The minimum Gasteiger partial charge on any atom is -0.368 e. The van der Waals surface area contributed by atoms with Crippen LogP contribution in [0.4, 0.5) is 15.9 Å². The molecule has 0 aliphatic carbocycles. The first-order chi connectivity index (χ1) is 11.6. The lowest BCUT2D eigenvalue weighted by Gasteiger charge is -2.28. The lowest BCUT2D eigenvalue weighted by atomic mass is 10.1. The number of hydrogen-bond acceptors (Lipinski definition) is 5. The summed E-state index contributed by atoms with van der Waals surface area (Å²) in [5.74, 6) is 0.732. The summed E-state index contributed by atoms with van der Waals surface area (Å²) in [6, 6.07) is 3.41. The van der Waals surface area contributed by atoms with Crippen LogP contribution in [0.25, 0.3) is 10.9 Å². The van der Waals surface area contributed by atoms with E-state index >= 15 is 0 Å². The zero-order valence-electron chi connectivity index (χ0n) is 13.6. The number of halogens is 1. The number of aromatic nitrogens is 2. The van der Waals surface area contributed by atoms with Crippen LogP contribution in [-0.2, 0) is 11.8 Å². The largest absolute Gasteiger partial charge is 0.368 e. The van der Waals surface area contributed by atoms with Crippen molar-refractivity contribution in [3.63, 3.8) is 0 Å². The maximum Gasteiger partial charge on any atom is 0.163 e. The fraction of sp³-hybridized carbons (Fsp3) is 0.412. The third kappa shape index (κ3) is 2.54. The van der Waals surface area contributed by atoms with Gasteiger partial charge in [0.1, 0.15) is 11.6 Å². The highest BCUT2D eigenvalue weighted by Crippen LogP contribution is 2.32. The second-order valence-electron chi connectivity index (χ2n) is 6.26. The Bertz CT molecular complexity index is 818. The topological polar surface area (TPSA) is 53.4 Å². The van der Waals surface area contributed by atoms with Gasteiger partial charge in [0.2, 0.25) is 0 Å². The number of aryl methyl sites for hydroxylation is 1. The van der Waals surface area contributed by atoms with Crippen molar-refractivity contribution in [1.29, 1.82) is 0 Å². The second kappa shape index (κ2) is 5.90. The van der Waals surface area contributed by atoms with Gasteiger partial charge in [-0.25, -0.2) is 4.39 Å². The number of ketones is 1. The highest BCUT2D eigenvalue weighted by molar-refractivity contribution is 5.93. The van der Waals surface area contributed by atoms with E-state index in [1.807, 2.05) is 35.2 Å². The standard InChI is InChI=1S/C17H20FN5O/c1-21-15-10-16(22-7-3-12(24)4-8-22)14(18)9-13(15)17(20-21)23-6-2-5-19-11-23/h2,6,9-10,19H,3-5,7-8,11H2,1H3. The van der Waals surface area contributed by atoms with Crippen LogP contribution in [0.2, 0.25) is 0 Å². The summed E-state index contributed by atoms with van der Waals surface area (Å²) in [6.07, 6.45) is 4.95. The Morgan fingerprint density at radius 3 is 2.75 bits per heavy atom. The maximum absolute atomic E-state index is 14.7. The Kier molecular flexibility index (Phi) is 3.72. The van der Waals surface area contributed by atoms with Crippen molar-refractivity contribution in [2.45, 2.75) is 12.8 Å². The van der Waals surface area contributed by atoms with Crippen molar-refractivity contribution < 1.29 is 9.18 Å². The van der Waals surface area contributed by atoms with Crippen LogP contribution < -0.4 is 15.1 Å². The molecule has 1 aromatic carbocycles. The van der Waals surface area contributed by atoms with Crippen molar-refractivity contribution in [1.82, 2.24) is 15.1 Å². The zero-order chi connectivity index (χ0) is 16.7. The first kappa shape index (κ1) is 15.1. The molecule has 1 N–H and O–H groups in total. The van der Waals surface area contributed by atoms with E-state index in [-0.39, 0.29) is 11.6 Å². The van der Waals surface area contributed by atoms with Gasteiger partial charge in [-0.05, 0) is 12.1 Å². The van der Waals surface area contributed by atoms with E-state index in [1.54, 1.807) is 10.7 Å². The lowest BCUT2D eigenvalue weighted by Crippen LogP contribution is -2.34. The molecule has 0 unspecified atom stereocenters. The molecular weight excluding hydrogens is 309 g/mol. The van der Waals surface area contributed by atoms with Crippen LogP contribution in [0.3, 0.4) is 0 Å². The average molecular weight is 329 g/mol. The number of benzene rings is 1. The minimum absolute atomic E-state index is 0.250. The number of rotatable bonds is 2. The van der Waals surface area contributed by atoms with E-state index in [9.17, 15) is 9.18 Å². The summed E-state index contributed by atoms with van der Waals surface area (Å²) in [7, 11) is 1.87. The molecule has 2 aliphatic heterocycles. The molecule has 24 heavy (non-hydrogen) atoms. The Morgan fingerprint density at radius 1 is 1.25 bits per heavy atom. The lowest BCUT2D eigenvalue weighted by molar-refractivity contribution is -0.119. The van der Waals surface area contributed by atoms with Gasteiger partial charge in [-0.15, -0.1) is 0 Å². The number of fused-ring (bicyclic) bond motifs is 1. The highest BCUT2D eigenvalue weighted by Gasteiger charge is 2.22. The van der Waals surface area contributed by atoms with Gasteiger partial charge in [0, 0.05) is 51.1 Å². The van der Waals surface area contributed by atoms with Crippen LogP contribution in [-0.4, -0.2) is 41.9 Å². The van der Waals surface area contributed by atoms with Gasteiger partial charge in [0.25, 0.3) is 0 Å². The van der Waals surface area contributed by atoms with E-state index in [2.05, 4.69) is 10.4 Å². The molecule has 0 bridgehead atoms. The van der Waals surface area contributed by atoms with Crippen LogP contribution in [0.5, 0.6) is 0 Å². The van der Waals surface area contributed by atoms with Gasteiger partial charge in [0.05, 0.1) is 17.9 Å². The van der Waals surface area contributed by atoms with Gasteiger partial charge in [-0.2, -0.15) is 5.10 Å². The molecule has 6 nitrogen and oxygen atoms in total. The van der Waals surface area contributed by atoms with Crippen molar-refractivity contribution in [2.24, 2.45) is 7.05 Å². The normalized spacial score (nSPS) is 18.7. The third-order valence-corrected chi connectivity index (χ3v) is 4.66. The Balaban J connectivity index is 1.75. The van der Waals surface area contributed by atoms with Gasteiger partial charge in [-0.3, -0.25) is 14.8 Å². The SMILES string of the molecule is Cn1nc(N2C=CCNC2)c2cc(F)c(N3CCC(=O)CC3)cc21. The van der Waals surface area contributed by atoms with Gasteiger partial charge < -0.3 is 9.80 Å². The van der Waals surface area contributed by atoms with E-state index in [1.165, 1.54) is 0 Å². The molecule has 0 saturated carbocycles. The number of hydrogen-bond donors (Lipinski definition) is 1. The maximum atomic E-state index is 14.7. The zero-order valence-corrected chi connectivity index (χ0v) is 13.6. The van der Waals surface area contributed by atoms with Crippen LogP contribution in [0, 0.1) is 5.82 Å². The summed E-state index contributed by atoms with van der Waals surface area (Å²) < 4.78 is 16.5. The summed E-state index contributed by atoms with van der Waals surface area (Å²) in [5.41, 5.74) is 1.44. The number of carbonyl (C=O) groups is 1. The van der Waals surface area contributed by atoms with Crippen LogP contribution in [0.1, 0.15) is 12.8 Å². The van der Waals surface area contributed by atoms with Crippen molar-refractivity contribution in [3.8, 4) is 0 Å². The number of nitrogens with one attached hydrogen (secondary N) is 1. The molecule has 3 heterocycles. The Labute approximate surface area is 139 Å². The highest BCUT2D eigenvalue weighted by atomic mass is 19.1. The summed E-state index contributed by atoms with van der Waals surface area (Å²) in [6.45, 7) is 2.63. The second-order valence-corrected chi connectivity index (χ2v) is 6.26. The first-order valence-corrected chi connectivity index (χ1v) is 8.20. The number of carbonyl (C=O) groups excluding carboxylic acids is 1.